The molecule has 92 valence electrons. The first-order chi connectivity index (χ1) is 8.22. The van der Waals surface area contributed by atoms with Crippen molar-refractivity contribution in [1.29, 1.82) is 0 Å². The number of para-hydroxylation sites is 1. The molecule has 1 aromatic carbocycles. The SMILES string of the molecule is CCOc1ccccc1[C@H]1[NH2+][C@H](C(=O)[O-])CS1. The molecular weight excluding hydrogens is 238 g/mol. The van der Waals surface area contributed by atoms with Gasteiger partial charge in [-0.1, -0.05) is 23.9 Å². The summed E-state index contributed by atoms with van der Waals surface area (Å²) < 4.78 is 5.55. The van der Waals surface area contributed by atoms with E-state index in [9.17, 15) is 9.90 Å². The number of nitrogens with two attached hydrogens (primary N) is 1. The van der Waals surface area contributed by atoms with Crippen LogP contribution in [0.4, 0.5) is 0 Å². The van der Waals surface area contributed by atoms with Crippen molar-refractivity contribution in [1.82, 2.24) is 0 Å². The molecule has 0 amide bonds. The first kappa shape index (κ1) is 12.3. The van der Waals surface area contributed by atoms with Crippen molar-refractivity contribution in [3.8, 4) is 5.75 Å². The fourth-order valence-electron chi connectivity index (χ4n) is 1.87. The first-order valence-electron chi connectivity index (χ1n) is 5.61. The summed E-state index contributed by atoms with van der Waals surface area (Å²) in [5, 5.41) is 12.7. The average Bonchev–Trinajstić information content (AvgIpc) is 2.79. The average molecular weight is 253 g/mol. The molecule has 1 aromatic rings. The Kier molecular flexibility index (Phi) is 3.91. The topological polar surface area (TPSA) is 66.0 Å². The van der Waals surface area contributed by atoms with Gasteiger partial charge >= 0.3 is 0 Å². The van der Waals surface area contributed by atoms with E-state index in [4.69, 9.17) is 4.74 Å². The third-order valence-corrected chi connectivity index (χ3v) is 4.01. The van der Waals surface area contributed by atoms with Crippen molar-refractivity contribution in [3.63, 3.8) is 0 Å². The maximum absolute atomic E-state index is 10.8. The van der Waals surface area contributed by atoms with Gasteiger partial charge in [0, 0.05) is 0 Å². The molecule has 1 aliphatic rings. The number of hydrogen-bond donors (Lipinski definition) is 1. The molecule has 5 heteroatoms. The van der Waals surface area contributed by atoms with E-state index in [0.29, 0.717) is 12.4 Å². The largest absolute Gasteiger partial charge is 0.544 e. The third kappa shape index (κ3) is 2.73. The Morgan fingerprint density at radius 1 is 1.59 bits per heavy atom. The molecule has 1 heterocycles. The lowest BCUT2D eigenvalue weighted by molar-refractivity contribution is -0.690. The number of rotatable bonds is 4. The summed E-state index contributed by atoms with van der Waals surface area (Å²) >= 11 is 1.62. The van der Waals surface area contributed by atoms with Gasteiger partial charge in [-0.15, -0.1) is 0 Å². The highest BCUT2D eigenvalue weighted by Gasteiger charge is 2.32. The number of ether oxygens (including phenoxy) is 1. The summed E-state index contributed by atoms with van der Waals surface area (Å²) in [5.74, 6) is 0.421. The van der Waals surface area contributed by atoms with Crippen molar-refractivity contribution in [2.24, 2.45) is 0 Å². The van der Waals surface area contributed by atoms with Gasteiger partial charge in [0.15, 0.2) is 5.37 Å². The van der Waals surface area contributed by atoms with Crippen molar-refractivity contribution in [2.45, 2.75) is 18.3 Å². The fraction of sp³-hybridized carbons (Fsp3) is 0.417. The molecule has 0 aromatic heterocycles. The highest BCUT2D eigenvalue weighted by atomic mass is 32.2. The van der Waals surface area contributed by atoms with E-state index in [0.717, 1.165) is 11.3 Å². The number of aliphatic carboxylic acids is 1. The number of hydrogen-bond acceptors (Lipinski definition) is 4. The first-order valence-corrected chi connectivity index (χ1v) is 6.66. The van der Waals surface area contributed by atoms with Gasteiger partial charge in [-0.05, 0) is 19.1 Å². The molecule has 17 heavy (non-hydrogen) atoms. The maximum Gasteiger partial charge on any atom is 0.163 e. The molecule has 2 rings (SSSR count). The summed E-state index contributed by atoms with van der Waals surface area (Å²) in [7, 11) is 0. The fourth-order valence-corrected chi connectivity index (χ4v) is 3.21. The number of carbonyl (C=O) groups is 1. The van der Waals surface area contributed by atoms with Gasteiger partial charge in [0.1, 0.15) is 17.8 Å². The third-order valence-electron chi connectivity index (χ3n) is 2.69. The van der Waals surface area contributed by atoms with Crippen LogP contribution in [0.15, 0.2) is 24.3 Å². The highest BCUT2D eigenvalue weighted by molar-refractivity contribution is 7.99. The van der Waals surface area contributed by atoms with E-state index in [-0.39, 0.29) is 5.37 Å². The van der Waals surface area contributed by atoms with Gasteiger partial charge in [0.25, 0.3) is 0 Å². The minimum Gasteiger partial charge on any atom is -0.544 e. The molecule has 0 aliphatic carbocycles. The van der Waals surface area contributed by atoms with Crippen molar-refractivity contribution < 1.29 is 20.0 Å². The zero-order valence-electron chi connectivity index (χ0n) is 9.59. The number of thioether (sulfide) groups is 1. The van der Waals surface area contributed by atoms with Gasteiger partial charge < -0.3 is 20.0 Å². The standard InChI is InChI=1S/C12H15NO3S/c1-2-16-10-6-4-3-5-8(10)11-13-9(7-17-11)12(14)15/h3-6,9,11,13H,2,7H2,1H3,(H,14,15)/t9-,11-/m0/s1. The Morgan fingerprint density at radius 3 is 3.00 bits per heavy atom. The van der Waals surface area contributed by atoms with Crippen LogP contribution in [0, 0.1) is 0 Å². The monoisotopic (exact) mass is 253 g/mol. The number of quaternary nitrogens is 1. The van der Waals surface area contributed by atoms with Crippen LogP contribution < -0.4 is 15.2 Å². The Morgan fingerprint density at radius 2 is 2.35 bits per heavy atom. The summed E-state index contributed by atoms with van der Waals surface area (Å²) in [4.78, 5) is 10.8. The molecule has 2 N–H and O–H groups in total. The van der Waals surface area contributed by atoms with Crippen LogP contribution in [0.5, 0.6) is 5.75 Å². The lowest BCUT2D eigenvalue weighted by Gasteiger charge is -2.14. The second-order valence-electron chi connectivity index (χ2n) is 3.84. The smallest absolute Gasteiger partial charge is 0.163 e. The number of carboxylic acid groups (broad SMARTS) is 1. The van der Waals surface area contributed by atoms with Gasteiger partial charge in [-0.3, -0.25) is 0 Å². The predicted octanol–water partition coefficient (Wildman–Crippen LogP) is -0.487. The molecule has 1 saturated heterocycles. The molecular formula is C12H15NO3S. The molecule has 2 atom stereocenters. The molecule has 4 nitrogen and oxygen atoms in total. The van der Waals surface area contributed by atoms with E-state index in [1.54, 1.807) is 11.8 Å². The lowest BCUT2D eigenvalue weighted by atomic mass is 10.2. The van der Waals surface area contributed by atoms with Crippen LogP contribution in [0.2, 0.25) is 0 Å². The van der Waals surface area contributed by atoms with Crippen molar-refractivity contribution in [2.75, 3.05) is 12.4 Å². The van der Waals surface area contributed by atoms with Crippen LogP contribution in [0.3, 0.4) is 0 Å². The summed E-state index contributed by atoms with van der Waals surface area (Å²) in [6, 6.07) is 7.30. The van der Waals surface area contributed by atoms with Crippen molar-refractivity contribution in [3.05, 3.63) is 29.8 Å². The van der Waals surface area contributed by atoms with E-state index >= 15 is 0 Å². The summed E-state index contributed by atoms with van der Waals surface area (Å²) in [6.07, 6.45) is 0. The highest BCUT2D eigenvalue weighted by Crippen LogP contribution is 2.32. The van der Waals surface area contributed by atoms with Crippen LogP contribution in [0.25, 0.3) is 0 Å². The Bertz CT molecular complexity index is 410. The second kappa shape index (κ2) is 5.42. The minimum absolute atomic E-state index is 0.0839. The molecule has 0 saturated carbocycles. The van der Waals surface area contributed by atoms with Gasteiger partial charge in [0.05, 0.1) is 17.9 Å². The normalized spacial score (nSPS) is 23.6. The lowest BCUT2D eigenvalue weighted by Crippen LogP contribution is -2.90. The van der Waals surface area contributed by atoms with E-state index in [2.05, 4.69) is 0 Å². The molecule has 0 bridgehead atoms. The Labute approximate surface area is 104 Å². The van der Waals surface area contributed by atoms with E-state index in [1.807, 2.05) is 36.5 Å². The molecule has 0 radical (unpaired) electrons. The van der Waals surface area contributed by atoms with Gasteiger partial charge in [-0.2, -0.15) is 0 Å². The van der Waals surface area contributed by atoms with Crippen LogP contribution in [-0.2, 0) is 4.79 Å². The van der Waals surface area contributed by atoms with Crippen LogP contribution in [0.1, 0.15) is 17.9 Å². The van der Waals surface area contributed by atoms with Crippen LogP contribution in [-0.4, -0.2) is 24.4 Å². The number of carbonyl (C=O) groups excluding carboxylic acids is 1. The Hall–Kier alpha value is -1.20. The quantitative estimate of drug-likeness (QED) is 0.786. The van der Waals surface area contributed by atoms with Gasteiger partial charge in [0.2, 0.25) is 0 Å². The zero-order chi connectivity index (χ0) is 12.3. The number of carboxylic acids is 1. The second-order valence-corrected chi connectivity index (χ2v) is 5.02. The van der Waals surface area contributed by atoms with Gasteiger partial charge in [-0.25, -0.2) is 0 Å². The molecule has 1 aliphatic heterocycles. The van der Waals surface area contributed by atoms with Crippen LogP contribution >= 0.6 is 11.8 Å². The maximum atomic E-state index is 10.8. The van der Waals surface area contributed by atoms with Crippen molar-refractivity contribution >= 4 is 17.7 Å². The minimum atomic E-state index is -0.992. The van der Waals surface area contributed by atoms with E-state index < -0.39 is 12.0 Å². The summed E-state index contributed by atoms with van der Waals surface area (Å²) in [5.41, 5.74) is 1.04. The predicted molar refractivity (Wildman–Crippen MR) is 63.5 cm³/mol. The molecule has 0 spiro atoms. The van der Waals surface area contributed by atoms with E-state index in [1.165, 1.54) is 0 Å². The molecule has 0 unspecified atom stereocenters. The zero-order valence-corrected chi connectivity index (χ0v) is 10.4. The summed E-state index contributed by atoms with van der Waals surface area (Å²) in [6.45, 7) is 2.55. The Balaban J connectivity index is 2.15. The number of benzene rings is 1. The molecule has 1 fully saturated rings.